The maximum Gasteiger partial charge on any atom is 0.226 e. The van der Waals surface area contributed by atoms with Crippen LogP contribution in [0.15, 0.2) is 36.4 Å². The lowest BCUT2D eigenvalue weighted by Gasteiger charge is -2.35. The van der Waals surface area contributed by atoms with Gasteiger partial charge in [-0.25, -0.2) is 8.42 Å². The van der Waals surface area contributed by atoms with Crippen LogP contribution in [0.25, 0.3) is 6.08 Å². The van der Waals surface area contributed by atoms with Crippen molar-refractivity contribution in [2.75, 3.05) is 44.2 Å². The normalized spacial score (nSPS) is 24.5. The highest BCUT2D eigenvalue weighted by molar-refractivity contribution is 7.91. The fraction of sp³-hybridized carbons (Fsp3) is 0.500. The number of amides is 1. The van der Waals surface area contributed by atoms with Gasteiger partial charge in [-0.2, -0.15) is 0 Å². The summed E-state index contributed by atoms with van der Waals surface area (Å²) in [6.07, 6.45) is 4.75. The van der Waals surface area contributed by atoms with Crippen molar-refractivity contribution in [3.05, 3.63) is 42.0 Å². The third-order valence-electron chi connectivity index (χ3n) is 4.74. The van der Waals surface area contributed by atoms with Crippen LogP contribution in [-0.2, 0) is 14.6 Å². The van der Waals surface area contributed by atoms with Gasteiger partial charge in [-0.1, -0.05) is 42.5 Å². The van der Waals surface area contributed by atoms with E-state index in [0.29, 0.717) is 19.5 Å². The average molecular weight is 348 g/mol. The molecule has 2 heterocycles. The van der Waals surface area contributed by atoms with Crippen LogP contribution in [0.5, 0.6) is 0 Å². The van der Waals surface area contributed by atoms with E-state index in [1.54, 1.807) is 0 Å². The lowest BCUT2D eigenvalue weighted by molar-refractivity contribution is -0.136. The van der Waals surface area contributed by atoms with Gasteiger partial charge in [0.15, 0.2) is 9.84 Å². The van der Waals surface area contributed by atoms with Gasteiger partial charge in [0, 0.05) is 32.7 Å². The zero-order chi connectivity index (χ0) is 17.0. The number of carbonyl (C=O) groups is 1. The molecule has 0 bridgehead atoms. The number of hydrogen-bond acceptors (Lipinski definition) is 4. The molecule has 1 unspecified atom stereocenters. The minimum absolute atomic E-state index is 0.0237. The Hall–Kier alpha value is -1.66. The smallest absolute Gasteiger partial charge is 0.226 e. The van der Waals surface area contributed by atoms with E-state index in [-0.39, 0.29) is 23.3 Å². The van der Waals surface area contributed by atoms with Gasteiger partial charge >= 0.3 is 0 Å². The van der Waals surface area contributed by atoms with E-state index in [1.165, 1.54) is 5.56 Å². The van der Waals surface area contributed by atoms with Crippen molar-refractivity contribution in [3.8, 4) is 0 Å². The number of hydrogen-bond donors (Lipinski definition) is 0. The molecule has 2 saturated heterocycles. The Kier molecular flexibility index (Phi) is 5.36. The summed E-state index contributed by atoms with van der Waals surface area (Å²) >= 11 is 0. The first-order valence-corrected chi connectivity index (χ1v) is 10.3. The van der Waals surface area contributed by atoms with E-state index < -0.39 is 9.84 Å². The molecular formula is C18H24N2O3S. The Morgan fingerprint density at radius 2 is 1.83 bits per heavy atom. The van der Waals surface area contributed by atoms with Gasteiger partial charge in [-0.15, -0.1) is 0 Å². The molecule has 0 aliphatic carbocycles. The van der Waals surface area contributed by atoms with E-state index in [1.807, 2.05) is 23.1 Å². The standard InChI is InChI=1S/C18H24N2O3S/c21-18(17-8-14-24(22,23)15-17)20-12-10-19(11-13-20)9-4-7-16-5-2-1-3-6-16/h1-7,17H,8-15H2/b7-4+. The lowest BCUT2D eigenvalue weighted by Crippen LogP contribution is -2.50. The van der Waals surface area contributed by atoms with Crippen LogP contribution in [0.3, 0.4) is 0 Å². The van der Waals surface area contributed by atoms with Crippen molar-refractivity contribution in [1.29, 1.82) is 0 Å². The number of carbonyl (C=O) groups excluding carboxylic acids is 1. The third-order valence-corrected chi connectivity index (χ3v) is 6.51. The molecule has 1 amide bonds. The fourth-order valence-electron chi connectivity index (χ4n) is 3.30. The first kappa shape index (κ1) is 17.2. The van der Waals surface area contributed by atoms with Crippen LogP contribution in [0.4, 0.5) is 0 Å². The first-order chi connectivity index (χ1) is 11.5. The Balaban J connectivity index is 1.44. The van der Waals surface area contributed by atoms with Crippen LogP contribution >= 0.6 is 0 Å². The summed E-state index contributed by atoms with van der Waals surface area (Å²) in [5.41, 5.74) is 1.19. The predicted molar refractivity (Wildman–Crippen MR) is 95.3 cm³/mol. The second-order valence-corrected chi connectivity index (χ2v) is 8.77. The van der Waals surface area contributed by atoms with Crippen molar-refractivity contribution < 1.29 is 13.2 Å². The van der Waals surface area contributed by atoms with Crippen molar-refractivity contribution in [2.24, 2.45) is 5.92 Å². The summed E-state index contributed by atoms with van der Waals surface area (Å²) in [7, 11) is -3.00. The molecule has 0 N–H and O–H groups in total. The molecule has 2 aliphatic heterocycles. The van der Waals surface area contributed by atoms with Crippen LogP contribution in [0.2, 0.25) is 0 Å². The second-order valence-electron chi connectivity index (χ2n) is 6.54. The summed E-state index contributed by atoms with van der Waals surface area (Å²) in [6, 6.07) is 10.2. The number of rotatable bonds is 4. The van der Waals surface area contributed by atoms with Gasteiger partial charge < -0.3 is 4.90 Å². The molecule has 1 atom stereocenters. The Morgan fingerprint density at radius 3 is 2.46 bits per heavy atom. The molecule has 2 fully saturated rings. The van der Waals surface area contributed by atoms with E-state index in [0.717, 1.165) is 19.6 Å². The zero-order valence-corrected chi connectivity index (χ0v) is 14.6. The lowest BCUT2D eigenvalue weighted by atomic mass is 10.1. The number of sulfone groups is 1. The molecule has 5 nitrogen and oxygen atoms in total. The van der Waals surface area contributed by atoms with Gasteiger partial charge in [-0.3, -0.25) is 9.69 Å². The molecule has 2 aliphatic rings. The maximum absolute atomic E-state index is 12.4. The summed E-state index contributed by atoms with van der Waals surface area (Å²) in [6.45, 7) is 3.92. The second kappa shape index (κ2) is 7.49. The molecule has 6 heteroatoms. The van der Waals surface area contributed by atoms with Crippen molar-refractivity contribution in [1.82, 2.24) is 9.80 Å². The minimum atomic E-state index is -3.00. The molecular weight excluding hydrogens is 324 g/mol. The maximum atomic E-state index is 12.4. The van der Waals surface area contributed by atoms with Crippen molar-refractivity contribution >= 4 is 21.8 Å². The number of nitrogens with zero attached hydrogens (tertiary/aromatic N) is 2. The van der Waals surface area contributed by atoms with Crippen molar-refractivity contribution in [2.45, 2.75) is 6.42 Å². The van der Waals surface area contributed by atoms with E-state index >= 15 is 0 Å². The summed E-state index contributed by atoms with van der Waals surface area (Å²) in [5.74, 6) is -0.102. The van der Waals surface area contributed by atoms with Gasteiger partial charge in [0.2, 0.25) is 5.91 Å². The number of piperazine rings is 1. The summed E-state index contributed by atoms with van der Waals surface area (Å²) in [5, 5.41) is 0. The average Bonchev–Trinajstić information content (AvgIpc) is 2.96. The van der Waals surface area contributed by atoms with Crippen molar-refractivity contribution in [3.63, 3.8) is 0 Å². The topological polar surface area (TPSA) is 57.7 Å². The quantitative estimate of drug-likeness (QED) is 0.822. The van der Waals surface area contributed by atoms with E-state index in [4.69, 9.17) is 0 Å². The molecule has 0 radical (unpaired) electrons. The molecule has 24 heavy (non-hydrogen) atoms. The molecule has 3 rings (SSSR count). The Bertz CT molecular complexity index is 692. The number of benzene rings is 1. The van der Waals surface area contributed by atoms with Gasteiger partial charge in [0.05, 0.1) is 17.4 Å². The highest BCUT2D eigenvalue weighted by Crippen LogP contribution is 2.21. The first-order valence-electron chi connectivity index (χ1n) is 8.47. The van der Waals surface area contributed by atoms with Crippen LogP contribution in [0, 0.1) is 5.92 Å². The Morgan fingerprint density at radius 1 is 1.12 bits per heavy atom. The largest absolute Gasteiger partial charge is 0.340 e. The third kappa shape index (κ3) is 4.45. The predicted octanol–water partition coefficient (Wildman–Crippen LogP) is 1.28. The molecule has 0 saturated carbocycles. The van der Waals surface area contributed by atoms with E-state index in [2.05, 4.69) is 29.2 Å². The molecule has 0 spiro atoms. The molecule has 130 valence electrons. The van der Waals surface area contributed by atoms with Gasteiger partial charge in [-0.05, 0) is 12.0 Å². The van der Waals surface area contributed by atoms with Crippen LogP contribution in [-0.4, -0.2) is 68.4 Å². The summed E-state index contributed by atoms with van der Waals surface area (Å²) < 4.78 is 23.1. The molecule has 1 aromatic carbocycles. The minimum Gasteiger partial charge on any atom is -0.340 e. The monoisotopic (exact) mass is 348 g/mol. The highest BCUT2D eigenvalue weighted by Gasteiger charge is 2.36. The van der Waals surface area contributed by atoms with Gasteiger partial charge in [0.1, 0.15) is 0 Å². The molecule has 1 aromatic rings. The van der Waals surface area contributed by atoms with Crippen LogP contribution in [0.1, 0.15) is 12.0 Å². The summed E-state index contributed by atoms with van der Waals surface area (Å²) in [4.78, 5) is 16.6. The SMILES string of the molecule is O=C(C1CCS(=O)(=O)C1)N1CCN(C/C=C/c2ccccc2)CC1. The van der Waals surface area contributed by atoms with E-state index in [9.17, 15) is 13.2 Å². The fourth-order valence-corrected chi connectivity index (χ4v) is 5.03. The molecule has 0 aromatic heterocycles. The Labute approximate surface area is 143 Å². The van der Waals surface area contributed by atoms with Crippen LogP contribution < -0.4 is 0 Å². The van der Waals surface area contributed by atoms with Gasteiger partial charge in [0.25, 0.3) is 0 Å². The zero-order valence-electron chi connectivity index (χ0n) is 13.8. The highest BCUT2D eigenvalue weighted by atomic mass is 32.2.